The highest BCUT2D eigenvalue weighted by atomic mass is 16.5. The number of benzene rings is 2. The molecule has 1 saturated heterocycles. The molecule has 2 aliphatic rings. The molecule has 30 heavy (non-hydrogen) atoms. The number of hydrogen-bond acceptors (Lipinski definition) is 4. The summed E-state index contributed by atoms with van der Waals surface area (Å²) in [5.74, 6) is 0.118. The molecule has 156 valence electrons. The molecule has 2 aromatic carbocycles. The molecule has 0 radical (unpaired) electrons. The number of ether oxygens (including phenoxy) is 1. The van der Waals surface area contributed by atoms with E-state index in [-0.39, 0.29) is 24.1 Å². The van der Waals surface area contributed by atoms with E-state index in [4.69, 9.17) is 9.15 Å². The fraction of sp³-hybridized carbons (Fsp3) is 0.391. The molecule has 2 N–H and O–H groups in total. The zero-order valence-corrected chi connectivity index (χ0v) is 17.0. The second kappa shape index (κ2) is 7.32. The number of likely N-dealkylation sites (tertiary alicyclic amines) is 1. The summed E-state index contributed by atoms with van der Waals surface area (Å²) in [6, 6.07) is 14.9. The van der Waals surface area contributed by atoms with Crippen LogP contribution < -0.4 is 20.7 Å². The van der Waals surface area contributed by atoms with Crippen molar-refractivity contribution in [2.24, 2.45) is 0 Å². The Balaban J connectivity index is 1.39. The normalized spacial score (nSPS) is 25.6. The number of nitrogens with one attached hydrogen (secondary N) is 2. The summed E-state index contributed by atoms with van der Waals surface area (Å²) in [6.07, 6.45) is 2.67. The molecule has 0 unspecified atom stereocenters. The van der Waals surface area contributed by atoms with Gasteiger partial charge in [0.25, 0.3) is 0 Å². The Labute approximate surface area is 174 Å². The Bertz CT molecular complexity index is 1140. The first-order chi connectivity index (χ1) is 14.5. The van der Waals surface area contributed by atoms with Crippen LogP contribution in [0.1, 0.15) is 30.9 Å². The van der Waals surface area contributed by atoms with E-state index in [1.165, 1.54) is 9.47 Å². The van der Waals surface area contributed by atoms with Crippen molar-refractivity contribution in [1.29, 1.82) is 0 Å². The SMILES string of the molecule is C[NH+]1CCC2(CC1)C[C@@H](NC(=O)Cn1c(=O)oc3ccccc31)c1ccccc1O2. The van der Waals surface area contributed by atoms with Crippen LogP contribution in [-0.4, -0.2) is 36.2 Å². The van der Waals surface area contributed by atoms with Crippen LogP contribution in [0.2, 0.25) is 0 Å². The van der Waals surface area contributed by atoms with Crippen LogP contribution in [0.25, 0.3) is 11.1 Å². The number of oxazole rings is 1. The quantitative estimate of drug-likeness (QED) is 0.685. The van der Waals surface area contributed by atoms with Gasteiger partial charge in [0.2, 0.25) is 5.91 Å². The maximum atomic E-state index is 13.0. The number of aromatic nitrogens is 1. The van der Waals surface area contributed by atoms with Crippen molar-refractivity contribution in [2.75, 3.05) is 20.1 Å². The lowest BCUT2D eigenvalue weighted by molar-refractivity contribution is -0.887. The Kier molecular flexibility index (Phi) is 4.62. The maximum absolute atomic E-state index is 13.0. The minimum Gasteiger partial charge on any atom is -0.486 e. The van der Waals surface area contributed by atoms with E-state index in [0.717, 1.165) is 43.7 Å². The number of fused-ring (bicyclic) bond motifs is 2. The number of para-hydroxylation sites is 3. The van der Waals surface area contributed by atoms with Crippen LogP contribution in [0.3, 0.4) is 0 Å². The lowest BCUT2D eigenvalue weighted by Gasteiger charge is -2.45. The minimum atomic E-state index is -0.520. The average Bonchev–Trinajstić information content (AvgIpc) is 3.05. The molecule has 7 heteroatoms. The third kappa shape index (κ3) is 3.39. The molecular formula is C23H26N3O4+. The van der Waals surface area contributed by atoms with E-state index in [1.807, 2.05) is 30.3 Å². The van der Waals surface area contributed by atoms with Gasteiger partial charge in [0.15, 0.2) is 5.58 Å². The maximum Gasteiger partial charge on any atom is 0.420 e. The van der Waals surface area contributed by atoms with Gasteiger partial charge in [-0.05, 0) is 18.2 Å². The van der Waals surface area contributed by atoms with E-state index < -0.39 is 5.76 Å². The Morgan fingerprint density at radius 1 is 1.17 bits per heavy atom. The van der Waals surface area contributed by atoms with Gasteiger partial charge in [-0.1, -0.05) is 30.3 Å². The van der Waals surface area contributed by atoms with Crippen molar-refractivity contribution in [1.82, 2.24) is 9.88 Å². The van der Waals surface area contributed by atoms with Crippen LogP contribution in [0, 0.1) is 0 Å². The van der Waals surface area contributed by atoms with Crippen molar-refractivity contribution in [3.8, 4) is 5.75 Å². The number of carbonyl (C=O) groups is 1. The first-order valence-electron chi connectivity index (χ1n) is 10.5. The Hall–Kier alpha value is -3.06. The molecule has 5 rings (SSSR count). The lowest BCUT2D eigenvalue weighted by Crippen LogP contribution is -3.10. The van der Waals surface area contributed by atoms with Crippen LogP contribution in [-0.2, 0) is 11.3 Å². The summed E-state index contributed by atoms with van der Waals surface area (Å²) in [5, 5.41) is 3.16. The van der Waals surface area contributed by atoms with E-state index in [2.05, 4.69) is 12.4 Å². The minimum absolute atomic E-state index is 0.0742. The van der Waals surface area contributed by atoms with E-state index in [1.54, 1.807) is 18.2 Å². The molecule has 0 aliphatic carbocycles. The van der Waals surface area contributed by atoms with Gasteiger partial charge in [-0.15, -0.1) is 0 Å². The molecule has 0 bridgehead atoms. The predicted molar refractivity (Wildman–Crippen MR) is 112 cm³/mol. The fourth-order valence-electron chi connectivity index (χ4n) is 4.73. The highest BCUT2D eigenvalue weighted by molar-refractivity contribution is 5.80. The number of quaternary nitrogens is 1. The predicted octanol–water partition coefficient (Wildman–Crippen LogP) is 1.28. The van der Waals surface area contributed by atoms with Crippen LogP contribution in [0.4, 0.5) is 0 Å². The second-order valence-electron chi connectivity index (χ2n) is 8.53. The average molecular weight is 408 g/mol. The highest BCUT2D eigenvalue weighted by Gasteiger charge is 2.44. The standard InChI is InChI=1S/C23H25N3O4/c1-25-12-10-23(11-13-25)14-17(16-6-2-4-8-19(16)30-23)24-21(27)15-26-18-7-3-5-9-20(18)29-22(26)28/h2-9,17H,10-15H2,1H3,(H,24,27)/p+1/t17-/m1/s1. The van der Waals surface area contributed by atoms with E-state index >= 15 is 0 Å². The number of carbonyl (C=O) groups excluding carboxylic acids is 1. The van der Waals surface area contributed by atoms with Gasteiger partial charge in [-0.2, -0.15) is 0 Å². The van der Waals surface area contributed by atoms with Gasteiger partial charge < -0.3 is 19.4 Å². The van der Waals surface area contributed by atoms with Crippen LogP contribution >= 0.6 is 0 Å². The molecular weight excluding hydrogens is 382 g/mol. The third-order valence-corrected chi connectivity index (χ3v) is 6.42. The monoisotopic (exact) mass is 408 g/mol. The molecule has 1 spiro atoms. The van der Waals surface area contributed by atoms with Crippen molar-refractivity contribution < 1.29 is 18.8 Å². The summed E-state index contributed by atoms with van der Waals surface area (Å²) in [6.45, 7) is 2.04. The fourth-order valence-corrected chi connectivity index (χ4v) is 4.73. The zero-order chi connectivity index (χ0) is 20.7. The van der Waals surface area contributed by atoms with Gasteiger partial charge in [0.1, 0.15) is 17.9 Å². The topological polar surface area (TPSA) is 77.9 Å². The first-order valence-corrected chi connectivity index (χ1v) is 10.5. The summed E-state index contributed by atoms with van der Waals surface area (Å²) >= 11 is 0. The number of hydrogen-bond donors (Lipinski definition) is 2. The Morgan fingerprint density at radius 3 is 2.73 bits per heavy atom. The number of nitrogens with zero attached hydrogens (tertiary/aromatic N) is 1. The molecule has 1 fully saturated rings. The van der Waals surface area contributed by atoms with Crippen molar-refractivity contribution >= 4 is 17.0 Å². The van der Waals surface area contributed by atoms with Crippen molar-refractivity contribution in [2.45, 2.75) is 37.5 Å². The van der Waals surface area contributed by atoms with Gasteiger partial charge in [0, 0.05) is 24.8 Å². The van der Waals surface area contributed by atoms with Crippen LogP contribution in [0.15, 0.2) is 57.7 Å². The van der Waals surface area contributed by atoms with Gasteiger partial charge >= 0.3 is 5.76 Å². The highest BCUT2D eigenvalue weighted by Crippen LogP contribution is 2.42. The largest absolute Gasteiger partial charge is 0.486 e. The van der Waals surface area contributed by atoms with E-state index in [0.29, 0.717) is 11.1 Å². The van der Waals surface area contributed by atoms with Crippen LogP contribution in [0.5, 0.6) is 5.75 Å². The second-order valence-corrected chi connectivity index (χ2v) is 8.53. The molecule has 1 aromatic heterocycles. The number of rotatable bonds is 3. The summed E-state index contributed by atoms with van der Waals surface area (Å²) in [5.41, 5.74) is 1.86. The lowest BCUT2D eigenvalue weighted by atomic mass is 9.80. The van der Waals surface area contributed by atoms with Gasteiger partial charge in [-0.3, -0.25) is 9.36 Å². The molecule has 2 aliphatic heterocycles. The number of piperidine rings is 1. The smallest absolute Gasteiger partial charge is 0.420 e. The third-order valence-electron chi connectivity index (χ3n) is 6.42. The number of amides is 1. The zero-order valence-electron chi connectivity index (χ0n) is 17.0. The van der Waals surface area contributed by atoms with E-state index in [9.17, 15) is 9.59 Å². The summed E-state index contributed by atoms with van der Waals surface area (Å²) in [4.78, 5) is 26.7. The molecule has 1 atom stereocenters. The molecule has 0 saturated carbocycles. The Morgan fingerprint density at radius 2 is 1.90 bits per heavy atom. The molecule has 3 aromatic rings. The van der Waals surface area contributed by atoms with Crippen molar-refractivity contribution in [3.63, 3.8) is 0 Å². The summed E-state index contributed by atoms with van der Waals surface area (Å²) < 4.78 is 13.1. The van der Waals surface area contributed by atoms with Gasteiger partial charge in [-0.25, -0.2) is 4.79 Å². The first kappa shape index (κ1) is 18.9. The molecule has 1 amide bonds. The summed E-state index contributed by atoms with van der Waals surface area (Å²) in [7, 11) is 2.20. The van der Waals surface area contributed by atoms with Gasteiger partial charge in [0.05, 0.1) is 31.7 Å². The molecule has 3 heterocycles. The molecule has 7 nitrogen and oxygen atoms in total. The van der Waals surface area contributed by atoms with Crippen molar-refractivity contribution in [3.05, 3.63) is 64.6 Å².